The van der Waals surface area contributed by atoms with E-state index in [0.29, 0.717) is 11.3 Å². The zero-order chi connectivity index (χ0) is 15.5. The van der Waals surface area contributed by atoms with E-state index in [9.17, 15) is 4.79 Å². The van der Waals surface area contributed by atoms with Crippen molar-refractivity contribution in [3.05, 3.63) is 53.5 Å². The van der Waals surface area contributed by atoms with Crippen LogP contribution in [-0.2, 0) is 12.0 Å². The van der Waals surface area contributed by atoms with Gasteiger partial charge in [-0.2, -0.15) is 0 Å². The van der Waals surface area contributed by atoms with E-state index in [-0.39, 0.29) is 17.9 Å². The van der Waals surface area contributed by atoms with Crippen LogP contribution in [0.1, 0.15) is 42.5 Å². The third kappa shape index (κ3) is 3.86. The molecule has 0 radical (unpaired) electrons. The highest BCUT2D eigenvalue weighted by atomic mass is 16.5. The summed E-state index contributed by atoms with van der Waals surface area (Å²) in [4.78, 5) is 11.3. The van der Waals surface area contributed by atoms with Gasteiger partial charge in [0.25, 0.3) is 5.91 Å². The Balaban J connectivity index is 1.97. The molecule has 1 aromatic carbocycles. The van der Waals surface area contributed by atoms with Gasteiger partial charge >= 0.3 is 0 Å². The monoisotopic (exact) mass is 288 g/mol. The fourth-order valence-electron chi connectivity index (χ4n) is 1.86. The summed E-state index contributed by atoms with van der Waals surface area (Å²) in [5.74, 6) is 5.98. The molecule has 1 heterocycles. The van der Waals surface area contributed by atoms with Crippen LogP contribution in [0.3, 0.4) is 0 Å². The minimum atomic E-state index is -0.389. The van der Waals surface area contributed by atoms with Crippen LogP contribution in [0.4, 0.5) is 0 Å². The molecule has 2 aromatic rings. The number of nitrogens with two attached hydrogens (primary N) is 1. The molecule has 0 aliphatic carbocycles. The number of ether oxygens (including phenoxy) is 1. The summed E-state index contributed by atoms with van der Waals surface area (Å²) in [5, 5.41) is 0. The van der Waals surface area contributed by atoms with Crippen LogP contribution in [-0.4, -0.2) is 5.91 Å². The van der Waals surface area contributed by atoms with Gasteiger partial charge in [-0.1, -0.05) is 32.9 Å². The molecule has 0 saturated carbocycles. The molecule has 0 fully saturated rings. The third-order valence-corrected chi connectivity index (χ3v) is 3.15. The molecule has 0 aliphatic heterocycles. The first kappa shape index (κ1) is 15.1. The predicted molar refractivity (Wildman–Crippen MR) is 79.8 cm³/mol. The van der Waals surface area contributed by atoms with Crippen molar-refractivity contribution in [1.29, 1.82) is 0 Å². The number of nitrogen functional groups attached to an aromatic ring is 1. The average Bonchev–Trinajstić information content (AvgIpc) is 2.92. The van der Waals surface area contributed by atoms with Crippen molar-refractivity contribution in [1.82, 2.24) is 5.43 Å². The smallest absolute Gasteiger partial charge is 0.268 e. The van der Waals surface area contributed by atoms with Gasteiger partial charge in [0.15, 0.2) is 0 Å². The molecule has 0 atom stereocenters. The lowest BCUT2D eigenvalue weighted by molar-refractivity contribution is 0.0953. The highest BCUT2D eigenvalue weighted by Gasteiger charge is 2.13. The van der Waals surface area contributed by atoms with Crippen LogP contribution in [0.2, 0.25) is 0 Å². The van der Waals surface area contributed by atoms with Gasteiger partial charge in [-0.25, -0.2) is 5.84 Å². The standard InChI is InChI=1S/C16H20N2O3/c1-16(2,3)12-4-6-13(7-5-12)21-10-14-8-11(9-20-14)15(19)18-17/h4-9H,10,17H2,1-3H3,(H,18,19). The number of hydrogen-bond donors (Lipinski definition) is 2. The van der Waals surface area contributed by atoms with Crippen LogP contribution >= 0.6 is 0 Å². The molecule has 0 unspecified atom stereocenters. The second-order valence-corrected chi connectivity index (χ2v) is 5.84. The molecule has 112 valence electrons. The number of hydrogen-bond acceptors (Lipinski definition) is 4. The molecule has 21 heavy (non-hydrogen) atoms. The summed E-state index contributed by atoms with van der Waals surface area (Å²) in [5.41, 5.74) is 3.78. The molecule has 0 aliphatic rings. The molecule has 1 amide bonds. The normalized spacial score (nSPS) is 11.2. The molecule has 0 spiro atoms. The highest BCUT2D eigenvalue weighted by Crippen LogP contribution is 2.24. The van der Waals surface area contributed by atoms with E-state index < -0.39 is 0 Å². The molecule has 2 rings (SSSR count). The first-order valence-corrected chi connectivity index (χ1v) is 6.72. The van der Waals surface area contributed by atoms with E-state index in [1.54, 1.807) is 6.07 Å². The highest BCUT2D eigenvalue weighted by molar-refractivity contribution is 5.93. The molecule has 0 saturated heterocycles. The Kier molecular flexibility index (Phi) is 4.33. The number of nitrogens with one attached hydrogen (secondary N) is 1. The Hall–Kier alpha value is -2.27. The van der Waals surface area contributed by atoms with Gasteiger partial charge in [-0.05, 0) is 29.2 Å². The molecule has 3 N–H and O–H groups in total. The van der Waals surface area contributed by atoms with Crippen molar-refractivity contribution >= 4 is 5.91 Å². The average molecular weight is 288 g/mol. The van der Waals surface area contributed by atoms with E-state index in [1.807, 2.05) is 29.7 Å². The number of amides is 1. The minimum absolute atomic E-state index is 0.115. The van der Waals surface area contributed by atoms with Gasteiger partial charge in [0.2, 0.25) is 0 Å². The zero-order valence-corrected chi connectivity index (χ0v) is 12.5. The van der Waals surface area contributed by atoms with E-state index in [0.717, 1.165) is 5.75 Å². The van der Waals surface area contributed by atoms with Crippen LogP contribution in [0.5, 0.6) is 5.75 Å². The number of rotatable bonds is 4. The molecule has 5 nitrogen and oxygen atoms in total. The topological polar surface area (TPSA) is 77.5 Å². The summed E-state index contributed by atoms with van der Waals surface area (Å²) in [6.07, 6.45) is 1.35. The van der Waals surface area contributed by atoms with Gasteiger partial charge in [0.05, 0.1) is 5.56 Å². The van der Waals surface area contributed by atoms with Crippen LogP contribution in [0.15, 0.2) is 41.0 Å². The fraction of sp³-hybridized carbons (Fsp3) is 0.312. The van der Waals surface area contributed by atoms with Crippen molar-refractivity contribution in [2.75, 3.05) is 0 Å². The minimum Gasteiger partial charge on any atom is -0.486 e. The number of benzene rings is 1. The van der Waals surface area contributed by atoms with Crippen molar-refractivity contribution in [2.24, 2.45) is 5.84 Å². The zero-order valence-electron chi connectivity index (χ0n) is 12.5. The number of furan rings is 1. The summed E-state index contributed by atoms with van der Waals surface area (Å²) in [7, 11) is 0. The molecule has 5 heteroatoms. The maximum atomic E-state index is 11.3. The Morgan fingerprint density at radius 1 is 1.29 bits per heavy atom. The Labute approximate surface area is 124 Å². The first-order chi connectivity index (χ1) is 9.90. The maximum Gasteiger partial charge on any atom is 0.268 e. The summed E-state index contributed by atoms with van der Waals surface area (Å²) >= 11 is 0. The first-order valence-electron chi connectivity index (χ1n) is 6.72. The van der Waals surface area contributed by atoms with E-state index >= 15 is 0 Å². The molecule has 1 aromatic heterocycles. The van der Waals surface area contributed by atoms with Crippen LogP contribution < -0.4 is 16.0 Å². The van der Waals surface area contributed by atoms with Gasteiger partial charge < -0.3 is 9.15 Å². The Bertz CT molecular complexity index is 609. The largest absolute Gasteiger partial charge is 0.486 e. The molecular formula is C16H20N2O3. The third-order valence-electron chi connectivity index (χ3n) is 3.15. The van der Waals surface area contributed by atoms with Crippen molar-refractivity contribution in [3.63, 3.8) is 0 Å². The maximum absolute atomic E-state index is 11.3. The van der Waals surface area contributed by atoms with Crippen LogP contribution in [0, 0.1) is 0 Å². The fourth-order valence-corrected chi connectivity index (χ4v) is 1.86. The SMILES string of the molecule is CC(C)(C)c1ccc(OCc2cc(C(=O)NN)co2)cc1. The second-order valence-electron chi connectivity index (χ2n) is 5.84. The van der Waals surface area contributed by atoms with Gasteiger partial charge in [-0.3, -0.25) is 10.2 Å². The second kappa shape index (κ2) is 6.01. The number of hydrazine groups is 1. The predicted octanol–water partition coefficient (Wildman–Crippen LogP) is 2.76. The van der Waals surface area contributed by atoms with Crippen molar-refractivity contribution in [2.45, 2.75) is 32.8 Å². The number of carbonyl (C=O) groups is 1. The Morgan fingerprint density at radius 3 is 2.52 bits per heavy atom. The van der Waals surface area contributed by atoms with E-state index in [1.165, 1.54) is 11.8 Å². The number of carbonyl (C=O) groups excluding carboxylic acids is 1. The lowest BCUT2D eigenvalue weighted by Gasteiger charge is -2.19. The van der Waals surface area contributed by atoms with Crippen LogP contribution in [0.25, 0.3) is 0 Å². The molecule has 0 bridgehead atoms. The summed E-state index contributed by atoms with van der Waals surface area (Å²) in [6, 6.07) is 9.55. The lowest BCUT2D eigenvalue weighted by atomic mass is 9.87. The quantitative estimate of drug-likeness (QED) is 0.515. The molecular weight excluding hydrogens is 268 g/mol. The van der Waals surface area contributed by atoms with Gasteiger partial charge in [0, 0.05) is 0 Å². The van der Waals surface area contributed by atoms with Crippen molar-refractivity contribution in [3.8, 4) is 5.75 Å². The Morgan fingerprint density at radius 2 is 1.95 bits per heavy atom. The van der Waals surface area contributed by atoms with E-state index in [4.69, 9.17) is 15.0 Å². The van der Waals surface area contributed by atoms with Gasteiger partial charge in [-0.15, -0.1) is 0 Å². The van der Waals surface area contributed by atoms with Crippen molar-refractivity contribution < 1.29 is 13.9 Å². The summed E-state index contributed by atoms with van der Waals surface area (Å²) < 4.78 is 10.9. The van der Waals surface area contributed by atoms with E-state index in [2.05, 4.69) is 20.8 Å². The summed E-state index contributed by atoms with van der Waals surface area (Å²) in [6.45, 7) is 6.74. The lowest BCUT2D eigenvalue weighted by Crippen LogP contribution is -2.29. The van der Waals surface area contributed by atoms with Gasteiger partial charge in [0.1, 0.15) is 24.4 Å².